The maximum absolute atomic E-state index is 12.4. The van der Waals surface area contributed by atoms with E-state index in [-0.39, 0.29) is 6.03 Å². The Morgan fingerprint density at radius 1 is 0.903 bits per heavy atom. The zero-order valence-corrected chi connectivity index (χ0v) is 17.7. The van der Waals surface area contributed by atoms with Crippen molar-refractivity contribution in [1.29, 1.82) is 0 Å². The number of benzene rings is 3. The Morgan fingerprint density at radius 3 is 2.55 bits per heavy atom. The van der Waals surface area contributed by atoms with Crippen molar-refractivity contribution in [2.24, 2.45) is 7.05 Å². The van der Waals surface area contributed by atoms with Gasteiger partial charge in [0.2, 0.25) is 0 Å². The summed E-state index contributed by atoms with van der Waals surface area (Å²) in [6.07, 6.45) is 2.00. The van der Waals surface area contributed by atoms with Gasteiger partial charge in [0.05, 0.1) is 7.11 Å². The van der Waals surface area contributed by atoms with Gasteiger partial charge >= 0.3 is 6.03 Å². The summed E-state index contributed by atoms with van der Waals surface area (Å²) >= 11 is 0. The molecule has 0 spiro atoms. The minimum atomic E-state index is -0.269. The third kappa shape index (κ3) is 5.05. The van der Waals surface area contributed by atoms with E-state index >= 15 is 0 Å². The highest BCUT2D eigenvalue weighted by atomic mass is 16.5. The molecule has 0 atom stereocenters. The van der Waals surface area contributed by atoms with Crippen molar-refractivity contribution in [3.05, 3.63) is 90.1 Å². The minimum Gasteiger partial charge on any atom is -0.496 e. The van der Waals surface area contributed by atoms with Crippen molar-refractivity contribution < 1.29 is 9.53 Å². The van der Waals surface area contributed by atoms with Gasteiger partial charge in [-0.1, -0.05) is 30.3 Å². The van der Waals surface area contributed by atoms with Crippen LogP contribution in [-0.2, 0) is 20.1 Å². The molecule has 6 heteroatoms. The first kappa shape index (κ1) is 20.5. The van der Waals surface area contributed by atoms with Crippen LogP contribution in [0.4, 0.5) is 16.2 Å². The maximum atomic E-state index is 12.4. The Morgan fingerprint density at radius 2 is 1.71 bits per heavy atom. The topological polar surface area (TPSA) is 67.3 Å². The number of amides is 2. The summed E-state index contributed by atoms with van der Waals surface area (Å²) in [7, 11) is 3.68. The fourth-order valence-electron chi connectivity index (χ4n) is 3.60. The van der Waals surface area contributed by atoms with E-state index in [2.05, 4.69) is 16.0 Å². The molecule has 4 aromatic rings. The zero-order valence-electron chi connectivity index (χ0n) is 17.7. The van der Waals surface area contributed by atoms with E-state index in [1.807, 2.05) is 90.6 Å². The van der Waals surface area contributed by atoms with Crippen LogP contribution in [0, 0.1) is 0 Å². The van der Waals surface area contributed by atoms with Gasteiger partial charge < -0.3 is 25.3 Å². The number of anilines is 2. The monoisotopic (exact) mass is 414 g/mol. The molecule has 0 bridgehead atoms. The minimum absolute atomic E-state index is 0.269. The summed E-state index contributed by atoms with van der Waals surface area (Å²) in [5.41, 5.74) is 4.81. The lowest BCUT2D eigenvalue weighted by Crippen LogP contribution is -2.19. The van der Waals surface area contributed by atoms with Gasteiger partial charge in [-0.25, -0.2) is 4.79 Å². The number of rotatable bonds is 7. The molecule has 0 aliphatic carbocycles. The molecule has 4 rings (SSSR count). The number of hydrogen-bond donors (Lipinski definition) is 3. The second kappa shape index (κ2) is 9.36. The Balaban J connectivity index is 1.33. The van der Waals surface area contributed by atoms with Crippen LogP contribution in [0.15, 0.2) is 79.0 Å². The number of carbonyl (C=O) groups excluding carboxylic acids is 1. The SMILES string of the molecule is COc1ccccc1CNCc1cccc(NC(=O)Nc2ccc3c(ccn3C)c2)c1. The molecule has 0 saturated carbocycles. The number of aryl methyl sites for hydroxylation is 1. The van der Waals surface area contributed by atoms with E-state index < -0.39 is 0 Å². The highest BCUT2D eigenvalue weighted by molar-refractivity contribution is 6.01. The average molecular weight is 415 g/mol. The zero-order chi connectivity index (χ0) is 21.6. The quantitative estimate of drug-likeness (QED) is 0.393. The third-order valence-corrected chi connectivity index (χ3v) is 5.17. The van der Waals surface area contributed by atoms with Crippen LogP contribution < -0.4 is 20.7 Å². The molecule has 3 N–H and O–H groups in total. The van der Waals surface area contributed by atoms with Gasteiger partial charge in [0.15, 0.2) is 0 Å². The lowest BCUT2D eigenvalue weighted by Gasteiger charge is -2.11. The molecular weight excluding hydrogens is 388 g/mol. The van der Waals surface area contributed by atoms with E-state index in [9.17, 15) is 4.79 Å². The third-order valence-electron chi connectivity index (χ3n) is 5.17. The molecule has 0 radical (unpaired) electrons. The number of urea groups is 1. The first-order valence-corrected chi connectivity index (χ1v) is 10.2. The van der Waals surface area contributed by atoms with Crippen molar-refractivity contribution in [2.75, 3.05) is 17.7 Å². The largest absolute Gasteiger partial charge is 0.496 e. The molecule has 0 unspecified atom stereocenters. The Kier molecular flexibility index (Phi) is 6.19. The van der Waals surface area contributed by atoms with Gasteiger partial charge in [-0.2, -0.15) is 0 Å². The van der Waals surface area contributed by atoms with E-state index in [4.69, 9.17) is 4.74 Å². The predicted octanol–water partition coefficient (Wildman–Crippen LogP) is 5.12. The number of hydrogen-bond acceptors (Lipinski definition) is 3. The fraction of sp³-hybridized carbons (Fsp3) is 0.160. The molecule has 158 valence electrons. The number of nitrogens with zero attached hydrogens (tertiary/aromatic N) is 1. The van der Waals surface area contributed by atoms with Crippen LogP contribution in [0.2, 0.25) is 0 Å². The van der Waals surface area contributed by atoms with Crippen LogP contribution in [0.25, 0.3) is 10.9 Å². The van der Waals surface area contributed by atoms with Gasteiger partial charge in [-0.3, -0.25) is 0 Å². The molecule has 31 heavy (non-hydrogen) atoms. The molecule has 0 aliphatic rings. The molecule has 6 nitrogen and oxygen atoms in total. The molecule has 1 aromatic heterocycles. The molecule has 0 fully saturated rings. The van der Waals surface area contributed by atoms with Gasteiger partial charge in [-0.15, -0.1) is 0 Å². The van der Waals surface area contributed by atoms with Gasteiger partial charge in [-0.05, 0) is 48.0 Å². The lowest BCUT2D eigenvalue weighted by molar-refractivity contribution is 0.262. The average Bonchev–Trinajstić information content (AvgIpc) is 3.14. The summed E-state index contributed by atoms with van der Waals surface area (Å²) < 4.78 is 7.44. The van der Waals surface area contributed by atoms with E-state index in [1.54, 1.807) is 7.11 Å². The summed E-state index contributed by atoms with van der Waals surface area (Å²) in [4.78, 5) is 12.4. The fourth-order valence-corrected chi connectivity index (χ4v) is 3.60. The highest BCUT2D eigenvalue weighted by Crippen LogP contribution is 2.20. The van der Waals surface area contributed by atoms with Crippen molar-refractivity contribution in [2.45, 2.75) is 13.1 Å². The standard InChI is InChI=1S/C25H26N4O2/c1-29-13-12-19-15-22(10-11-23(19)29)28-25(30)27-21-8-5-6-18(14-21)16-26-17-20-7-3-4-9-24(20)31-2/h3-15,26H,16-17H2,1-2H3,(H2,27,28,30). The maximum Gasteiger partial charge on any atom is 0.323 e. The van der Waals surface area contributed by atoms with Crippen LogP contribution >= 0.6 is 0 Å². The summed E-state index contributed by atoms with van der Waals surface area (Å²) in [6.45, 7) is 1.38. The first-order chi connectivity index (χ1) is 15.1. The van der Waals surface area contributed by atoms with E-state index in [0.29, 0.717) is 13.1 Å². The molecular formula is C25H26N4O2. The predicted molar refractivity (Wildman–Crippen MR) is 126 cm³/mol. The number of carbonyl (C=O) groups is 1. The van der Waals surface area contributed by atoms with Crippen molar-refractivity contribution in [1.82, 2.24) is 9.88 Å². The number of aromatic nitrogens is 1. The smallest absolute Gasteiger partial charge is 0.323 e. The second-order valence-electron chi connectivity index (χ2n) is 7.40. The van der Waals surface area contributed by atoms with Gasteiger partial charge in [0.1, 0.15) is 5.75 Å². The van der Waals surface area contributed by atoms with Crippen LogP contribution in [0.5, 0.6) is 5.75 Å². The van der Waals surface area contributed by atoms with Crippen molar-refractivity contribution >= 4 is 28.3 Å². The number of nitrogens with one attached hydrogen (secondary N) is 3. The molecule has 0 aliphatic heterocycles. The molecule has 2 amide bonds. The van der Waals surface area contributed by atoms with Gasteiger partial charge in [0, 0.05) is 54.2 Å². The van der Waals surface area contributed by atoms with E-state index in [0.717, 1.165) is 39.2 Å². The van der Waals surface area contributed by atoms with Crippen molar-refractivity contribution in [3.8, 4) is 5.75 Å². The lowest BCUT2D eigenvalue weighted by atomic mass is 10.1. The second-order valence-corrected chi connectivity index (χ2v) is 7.40. The Hall–Kier alpha value is -3.77. The number of methoxy groups -OCH3 is 1. The summed E-state index contributed by atoms with van der Waals surface area (Å²) in [5, 5.41) is 10.3. The van der Waals surface area contributed by atoms with E-state index in [1.165, 1.54) is 0 Å². The number of fused-ring (bicyclic) bond motifs is 1. The summed E-state index contributed by atoms with van der Waals surface area (Å²) in [6, 6.07) is 23.4. The Bertz CT molecular complexity index is 1200. The van der Waals surface area contributed by atoms with Crippen LogP contribution in [0.3, 0.4) is 0 Å². The number of ether oxygens (including phenoxy) is 1. The summed E-state index contributed by atoms with van der Waals surface area (Å²) in [5.74, 6) is 0.871. The van der Waals surface area contributed by atoms with Crippen LogP contribution in [-0.4, -0.2) is 17.7 Å². The molecule has 3 aromatic carbocycles. The van der Waals surface area contributed by atoms with Crippen molar-refractivity contribution in [3.63, 3.8) is 0 Å². The number of para-hydroxylation sites is 1. The van der Waals surface area contributed by atoms with Crippen LogP contribution in [0.1, 0.15) is 11.1 Å². The Labute approximate surface area is 181 Å². The molecule has 0 saturated heterocycles. The highest BCUT2D eigenvalue weighted by Gasteiger charge is 2.06. The molecule has 1 heterocycles. The first-order valence-electron chi connectivity index (χ1n) is 10.2. The normalized spacial score (nSPS) is 10.8. The van der Waals surface area contributed by atoms with Gasteiger partial charge in [0.25, 0.3) is 0 Å².